The predicted octanol–water partition coefficient (Wildman–Crippen LogP) is 3.24. The van der Waals surface area contributed by atoms with Crippen LogP contribution in [0.3, 0.4) is 0 Å². The van der Waals surface area contributed by atoms with E-state index in [0.717, 1.165) is 16.5 Å². The van der Waals surface area contributed by atoms with Crippen LogP contribution in [0.1, 0.15) is 31.2 Å². The number of rotatable bonds is 3. The number of nitrogens with zero attached hydrogens (tertiary/aromatic N) is 1. The highest BCUT2D eigenvalue weighted by molar-refractivity contribution is 5.83. The van der Waals surface area contributed by atoms with Gasteiger partial charge < -0.3 is 5.11 Å². The van der Waals surface area contributed by atoms with Crippen LogP contribution in [-0.4, -0.2) is 10.1 Å². The monoisotopic (exact) mass is 239 g/mol. The second kappa shape index (κ2) is 3.55. The first kappa shape index (κ1) is 10.5. The minimum atomic E-state index is -0.595. The quantitative estimate of drug-likeness (QED) is 0.892. The molecule has 4 rings (SSSR count). The van der Waals surface area contributed by atoms with Crippen LogP contribution >= 0.6 is 0 Å². The number of aromatic nitrogens is 1. The molecule has 2 saturated carbocycles. The third-order valence-corrected chi connectivity index (χ3v) is 4.48. The summed E-state index contributed by atoms with van der Waals surface area (Å²) in [5.74, 6) is 0.937. The van der Waals surface area contributed by atoms with Gasteiger partial charge in [-0.05, 0) is 55.2 Å². The van der Waals surface area contributed by atoms with Crippen LogP contribution in [0.15, 0.2) is 36.5 Å². The van der Waals surface area contributed by atoms with Gasteiger partial charge >= 0.3 is 0 Å². The van der Waals surface area contributed by atoms with Gasteiger partial charge in [0.2, 0.25) is 0 Å². The number of hydrogen-bond donors (Lipinski definition) is 1. The van der Waals surface area contributed by atoms with Crippen molar-refractivity contribution in [2.75, 3.05) is 0 Å². The van der Waals surface area contributed by atoms with Crippen LogP contribution < -0.4 is 0 Å². The van der Waals surface area contributed by atoms with Crippen molar-refractivity contribution in [3.63, 3.8) is 0 Å². The molecule has 0 spiro atoms. The lowest BCUT2D eigenvalue weighted by molar-refractivity contribution is -0.00877. The number of aliphatic hydroxyl groups is 1. The van der Waals surface area contributed by atoms with Gasteiger partial charge in [0.25, 0.3) is 0 Å². The zero-order valence-corrected chi connectivity index (χ0v) is 10.3. The summed E-state index contributed by atoms with van der Waals surface area (Å²) < 4.78 is 0. The van der Waals surface area contributed by atoms with Gasteiger partial charge in [-0.15, -0.1) is 0 Å². The first-order valence-corrected chi connectivity index (χ1v) is 6.87. The summed E-state index contributed by atoms with van der Waals surface area (Å²) in [6, 6.07) is 10.2. The molecular formula is C16H17NO. The van der Waals surface area contributed by atoms with Crippen LogP contribution in [0.2, 0.25) is 0 Å². The summed E-state index contributed by atoms with van der Waals surface area (Å²) in [6.45, 7) is 0. The Hall–Kier alpha value is -1.41. The standard InChI is InChI=1S/C16H17NO/c18-16(11-6-7-11,12-8-9-12)14-4-1-5-15-13(14)3-2-10-17-15/h1-5,10-12,18H,6-9H2. The summed E-state index contributed by atoms with van der Waals surface area (Å²) in [6.07, 6.45) is 6.50. The van der Waals surface area contributed by atoms with Gasteiger partial charge in [0.1, 0.15) is 0 Å². The molecule has 1 heterocycles. The second-order valence-corrected chi connectivity index (χ2v) is 5.75. The zero-order chi connectivity index (χ0) is 12.2. The Labute approximate surface area is 107 Å². The van der Waals surface area contributed by atoms with Crippen molar-refractivity contribution in [3.05, 3.63) is 42.1 Å². The van der Waals surface area contributed by atoms with Crippen molar-refractivity contribution in [2.24, 2.45) is 11.8 Å². The maximum Gasteiger partial charge on any atom is 0.0959 e. The van der Waals surface area contributed by atoms with Crippen molar-refractivity contribution >= 4 is 10.9 Å². The van der Waals surface area contributed by atoms with Crippen molar-refractivity contribution in [1.82, 2.24) is 4.98 Å². The fourth-order valence-corrected chi connectivity index (χ4v) is 3.27. The van der Waals surface area contributed by atoms with Gasteiger partial charge in [-0.25, -0.2) is 0 Å². The maximum absolute atomic E-state index is 11.2. The molecule has 0 amide bonds. The maximum atomic E-state index is 11.2. The van der Waals surface area contributed by atoms with Crippen molar-refractivity contribution in [1.29, 1.82) is 0 Å². The van der Waals surface area contributed by atoms with Crippen molar-refractivity contribution in [2.45, 2.75) is 31.3 Å². The number of fused-ring (bicyclic) bond motifs is 1. The molecule has 2 aliphatic rings. The molecule has 1 aromatic heterocycles. The molecule has 1 aromatic carbocycles. The minimum absolute atomic E-state index is 0.468. The Bertz CT molecular complexity index is 582. The SMILES string of the molecule is OC(c1cccc2ncccc12)(C1CC1)C1CC1. The number of hydrogen-bond acceptors (Lipinski definition) is 2. The average molecular weight is 239 g/mol. The minimum Gasteiger partial charge on any atom is -0.385 e. The van der Waals surface area contributed by atoms with Gasteiger partial charge in [0, 0.05) is 11.6 Å². The highest BCUT2D eigenvalue weighted by atomic mass is 16.3. The Morgan fingerprint density at radius 3 is 2.39 bits per heavy atom. The zero-order valence-electron chi connectivity index (χ0n) is 10.3. The smallest absolute Gasteiger partial charge is 0.0959 e. The molecule has 0 saturated heterocycles. The molecular weight excluding hydrogens is 222 g/mol. The van der Waals surface area contributed by atoms with Gasteiger partial charge in [0.05, 0.1) is 11.1 Å². The lowest BCUT2D eigenvalue weighted by atomic mass is 9.82. The van der Waals surface area contributed by atoms with E-state index in [0.29, 0.717) is 11.8 Å². The fraction of sp³-hybridized carbons (Fsp3) is 0.438. The summed E-state index contributed by atoms with van der Waals surface area (Å²) in [5, 5.41) is 12.4. The highest BCUT2D eigenvalue weighted by Gasteiger charge is 2.54. The molecule has 0 atom stereocenters. The van der Waals surface area contributed by atoms with E-state index in [4.69, 9.17) is 0 Å². The summed E-state index contributed by atoms with van der Waals surface area (Å²) in [5.41, 5.74) is 1.51. The lowest BCUT2D eigenvalue weighted by Gasteiger charge is -2.30. The first-order valence-electron chi connectivity index (χ1n) is 6.87. The Kier molecular flexibility index (Phi) is 2.07. The van der Waals surface area contributed by atoms with E-state index in [1.807, 2.05) is 24.4 Å². The first-order chi connectivity index (χ1) is 8.80. The molecule has 2 aliphatic carbocycles. The Morgan fingerprint density at radius 1 is 1.00 bits per heavy atom. The molecule has 18 heavy (non-hydrogen) atoms. The van der Waals surface area contributed by atoms with Crippen LogP contribution in [-0.2, 0) is 5.60 Å². The Balaban J connectivity index is 1.95. The molecule has 2 heteroatoms. The third-order valence-electron chi connectivity index (χ3n) is 4.48. The van der Waals surface area contributed by atoms with Crippen LogP contribution in [0.5, 0.6) is 0 Å². The topological polar surface area (TPSA) is 33.1 Å². The Morgan fingerprint density at radius 2 is 1.72 bits per heavy atom. The van der Waals surface area contributed by atoms with E-state index in [1.54, 1.807) is 0 Å². The number of pyridine rings is 1. The summed E-state index contributed by atoms with van der Waals surface area (Å²) in [4.78, 5) is 4.40. The van der Waals surface area contributed by atoms with E-state index < -0.39 is 5.60 Å². The van der Waals surface area contributed by atoms with E-state index >= 15 is 0 Å². The lowest BCUT2D eigenvalue weighted by Crippen LogP contribution is -2.31. The fourth-order valence-electron chi connectivity index (χ4n) is 3.27. The summed E-state index contributed by atoms with van der Waals surface area (Å²) in [7, 11) is 0. The van der Waals surface area contributed by atoms with Crippen molar-refractivity contribution < 1.29 is 5.11 Å². The van der Waals surface area contributed by atoms with Crippen LogP contribution in [0, 0.1) is 11.8 Å². The second-order valence-electron chi connectivity index (χ2n) is 5.75. The molecule has 0 unspecified atom stereocenters. The molecule has 2 fully saturated rings. The molecule has 2 aromatic rings. The van der Waals surface area contributed by atoms with Gasteiger partial charge in [0.15, 0.2) is 0 Å². The summed E-state index contributed by atoms with van der Waals surface area (Å²) >= 11 is 0. The van der Waals surface area contributed by atoms with E-state index in [-0.39, 0.29) is 0 Å². The highest BCUT2D eigenvalue weighted by Crippen LogP contribution is 2.58. The normalized spacial score (nSPS) is 20.3. The van der Waals surface area contributed by atoms with E-state index in [9.17, 15) is 5.11 Å². The largest absolute Gasteiger partial charge is 0.385 e. The van der Waals surface area contributed by atoms with Crippen LogP contribution in [0.4, 0.5) is 0 Å². The number of benzene rings is 1. The third kappa shape index (κ3) is 1.42. The average Bonchev–Trinajstić information content (AvgIpc) is 3.30. The molecule has 0 bridgehead atoms. The molecule has 92 valence electrons. The molecule has 2 nitrogen and oxygen atoms in total. The van der Waals surface area contributed by atoms with E-state index in [1.165, 1.54) is 25.7 Å². The predicted molar refractivity (Wildman–Crippen MR) is 71.1 cm³/mol. The van der Waals surface area contributed by atoms with E-state index in [2.05, 4.69) is 17.1 Å². The molecule has 0 aliphatic heterocycles. The molecule has 0 radical (unpaired) electrons. The van der Waals surface area contributed by atoms with Crippen molar-refractivity contribution in [3.8, 4) is 0 Å². The van der Waals surface area contributed by atoms with Gasteiger partial charge in [-0.2, -0.15) is 0 Å². The van der Waals surface area contributed by atoms with Gasteiger partial charge in [-0.3, -0.25) is 4.98 Å². The van der Waals surface area contributed by atoms with Gasteiger partial charge in [-0.1, -0.05) is 18.2 Å². The molecule has 1 N–H and O–H groups in total. The van der Waals surface area contributed by atoms with Crippen LogP contribution in [0.25, 0.3) is 10.9 Å².